The smallest absolute Gasteiger partial charge is 0.427 e. The Morgan fingerprint density at radius 1 is 1.03 bits per heavy atom. The van der Waals surface area contributed by atoms with E-state index in [1.807, 2.05) is 0 Å². The van der Waals surface area contributed by atoms with Crippen LogP contribution in [0.4, 0.5) is 10.5 Å². The fourth-order valence-electron chi connectivity index (χ4n) is 2.01. The number of alkyl halides is 1. The van der Waals surface area contributed by atoms with Crippen LogP contribution in [0.1, 0.15) is 36.7 Å². The average Bonchev–Trinajstić information content (AvgIpc) is 2.66. The van der Waals surface area contributed by atoms with Crippen LogP contribution in [0, 0.1) is 0 Å². The van der Waals surface area contributed by atoms with Gasteiger partial charge in [-0.25, -0.2) is 9.79 Å². The number of carbonyl (C=O) groups excluding carboxylic acids is 2. The number of nitrogens with one attached hydrogen (secondary N) is 2. The molecule has 0 saturated carbocycles. The van der Waals surface area contributed by atoms with Gasteiger partial charge in [0, 0.05) is 16.5 Å². The van der Waals surface area contributed by atoms with Crippen molar-refractivity contribution in [3.63, 3.8) is 0 Å². The molecule has 2 aromatic rings. The Bertz CT molecular complexity index is 876. The van der Waals surface area contributed by atoms with Gasteiger partial charge in [-0.2, -0.15) is 5.48 Å². The van der Waals surface area contributed by atoms with E-state index in [9.17, 15) is 9.59 Å². The molecule has 0 aromatic heterocycles. The highest BCUT2D eigenvalue weighted by Crippen LogP contribution is 2.16. The minimum Gasteiger partial charge on any atom is -0.427 e. The maximum absolute atomic E-state index is 12.5. The Kier molecular flexibility index (Phi) is 7.87. The largest absolute Gasteiger partial charge is 0.533 e. The van der Waals surface area contributed by atoms with Crippen molar-refractivity contribution in [3.8, 4) is 0 Å². The zero-order valence-corrected chi connectivity index (χ0v) is 17.7. The molecular weight excluding hydrogens is 417 g/mol. The van der Waals surface area contributed by atoms with Crippen molar-refractivity contribution in [2.45, 2.75) is 32.3 Å². The number of hydrogen-bond donors (Lipinski definition) is 2. The van der Waals surface area contributed by atoms with Crippen molar-refractivity contribution in [2.75, 3.05) is 0 Å². The molecule has 0 aliphatic carbocycles. The van der Waals surface area contributed by atoms with Gasteiger partial charge < -0.3 is 9.57 Å². The highest BCUT2D eigenvalue weighted by molar-refractivity contribution is 6.30. The standard InChI is InChI=1S/C20H21Cl2N3O4/c1-20(2,3)28-19(27)29-25-18(23-16-10-8-15(22)9-11-16)24-17(26)14-6-4-13(12-21)5-7-14/h4-11H,12H2,1-3H3,(H2,23,24,25,26). The number of ether oxygens (including phenoxy) is 1. The summed E-state index contributed by atoms with van der Waals surface area (Å²) in [5.74, 6) is -0.222. The first-order valence-corrected chi connectivity index (χ1v) is 9.54. The fourth-order valence-corrected chi connectivity index (χ4v) is 2.31. The van der Waals surface area contributed by atoms with Gasteiger partial charge in [-0.15, -0.1) is 11.6 Å². The third kappa shape index (κ3) is 8.01. The highest BCUT2D eigenvalue weighted by Gasteiger charge is 2.19. The lowest BCUT2D eigenvalue weighted by atomic mass is 10.1. The van der Waals surface area contributed by atoms with E-state index in [-0.39, 0.29) is 5.96 Å². The third-order valence-corrected chi connectivity index (χ3v) is 3.85. The Balaban J connectivity index is 2.15. The third-order valence-electron chi connectivity index (χ3n) is 3.29. The summed E-state index contributed by atoms with van der Waals surface area (Å²) < 4.78 is 5.05. The van der Waals surface area contributed by atoms with Crippen LogP contribution >= 0.6 is 23.2 Å². The molecule has 9 heteroatoms. The number of benzene rings is 2. The Morgan fingerprint density at radius 2 is 1.66 bits per heavy atom. The zero-order valence-electron chi connectivity index (χ0n) is 16.2. The Labute approximate surface area is 179 Å². The van der Waals surface area contributed by atoms with Crippen molar-refractivity contribution in [1.82, 2.24) is 10.8 Å². The van der Waals surface area contributed by atoms with Gasteiger partial charge in [-0.1, -0.05) is 23.7 Å². The number of carbonyl (C=O) groups is 2. The number of guanidine groups is 1. The molecule has 29 heavy (non-hydrogen) atoms. The maximum atomic E-state index is 12.5. The first-order chi connectivity index (χ1) is 13.7. The summed E-state index contributed by atoms with van der Waals surface area (Å²) in [7, 11) is 0. The monoisotopic (exact) mass is 437 g/mol. The van der Waals surface area contributed by atoms with Gasteiger partial charge in [0.2, 0.25) is 5.96 Å². The minimum atomic E-state index is -0.970. The molecule has 0 aliphatic rings. The van der Waals surface area contributed by atoms with Crippen molar-refractivity contribution in [2.24, 2.45) is 4.99 Å². The molecule has 0 fully saturated rings. The fraction of sp³-hybridized carbons (Fsp3) is 0.250. The van der Waals surface area contributed by atoms with Gasteiger partial charge in [0.15, 0.2) is 0 Å². The molecule has 2 N–H and O–H groups in total. The summed E-state index contributed by atoms with van der Waals surface area (Å²) in [5.41, 5.74) is 3.31. The normalized spacial score (nSPS) is 11.6. The van der Waals surface area contributed by atoms with E-state index in [2.05, 4.69) is 15.8 Å². The summed E-state index contributed by atoms with van der Waals surface area (Å²) in [6, 6.07) is 13.3. The molecular formula is C20H21Cl2N3O4. The van der Waals surface area contributed by atoms with Crippen LogP contribution in [-0.2, 0) is 15.5 Å². The van der Waals surface area contributed by atoms with Crippen LogP contribution in [0.25, 0.3) is 0 Å². The van der Waals surface area contributed by atoms with Gasteiger partial charge in [0.1, 0.15) is 5.60 Å². The van der Waals surface area contributed by atoms with Crippen LogP contribution < -0.4 is 10.8 Å². The lowest BCUT2D eigenvalue weighted by Gasteiger charge is -2.19. The molecule has 0 saturated heterocycles. The second-order valence-corrected chi connectivity index (χ2v) is 7.59. The summed E-state index contributed by atoms with van der Waals surface area (Å²) in [4.78, 5) is 33.4. The second kappa shape index (κ2) is 10.1. The van der Waals surface area contributed by atoms with Gasteiger partial charge in [-0.05, 0) is 62.7 Å². The van der Waals surface area contributed by atoms with E-state index < -0.39 is 17.7 Å². The number of rotatable bonds is 3. The minimum absolute atomic E-state index is 0.107. The lowest BCUT2D eigenvalue weighted by Crippen LogP contribution is -2.42. The number of nitrogens with zero attached hydrogens (tertiary/aromatic N) is 1. The molecule has 1 amide bonds. The molecule has 2 rings (SSSR count). The SMILES string of the molecule is CC(C)(C)OC(=O)ONC(=Nc1ccc(Cl)cc1)NC(=O)c1ccc(CCl)cc1. The van der Waals surface area contributed by atoms with E-state index in [0.29, 0.717) is 22.2 Å². The molecule has 2 aromatic carbocycles. The lowest BCUT2D eigenvalue weighted by molar-refractivity contribution is -0.0204. The molecule has 154 valence electrons. The second-order valence-electron chi connectivity index (χ2n) is 6.89. The van der Waals surface area contributed by atoms with Crippen LogP contribution in [0.3, 0.4) is 0 Å². The van der Waals surface area contributed by atoms with Crippen molar-refractivity contribution < 1.29 is 19.2 Å². The van der Waals surface area contributed by atoms with Gasteiger partial charge in [-0.3, -0.25) is 10.1 Å². The van der Waals surface area contributed by atoms with Gasteiger partial charge in [0.25, 0.3) is 5.91 Å². The molecule has 7 nitrogen and oxygen atoms in total. The van der Waals surface area contributed by atoms with Crippen molar-refractivity contribution >= 4 is 46.9 Å². The molecule has 0 unspecified atom stereocenters. The van der Waals surface area contributed by atoms with Gasteiger partial charge in [0.05, 0.1) is 5.69 Å². The maximum Gasteiger partial charge on any atom is 0.533 e. The van der Waals surface area contributed by atoms with Gasteiger partial charge >= 0.3 is 6.16 Å². The van der Waals surface area contributed by atoms with E-state index >= 15 is 0 Å². The van der Waals surface area contributed by atoms with Crippen LogP contribution in [0.5, 0.6) is 0 Å². The molecule has 0 radical (unpaired) electrons. The summed E-state index contributed by atoms with van der Waals surface area (Å²) in [5, 5.41) is 3.09. The summed E-state index contributed by atoms with van der Waals surface area (Å²) in [6.45, 7) is 5.09. The number of hydrogen-bond acceptors (Lipinski definition) is 5. The summed E-state index contributed by atoms with van der Waals surface area (Å²) >= 11 is 11.6. The number of hydroxylamine groups is 1. The van der Waals surface area contributed by atoms with E-state index in [1.54, 1.807) is 69.3 Å². The quantitative estimate of drug-likeness (QED) is 0.233. The predicted octanol–water partition coefficient (Wildman–Crippen LogP) is 4.95. The molecule has 0 heterocycles. The van der Waals surface area contributed by atoms with Crippen LogP contribution in [0.2, 0.25) is 5.02 Å². The van der Waals surface area contributed by atoms with Crippen LogP contribution in [-0.4, -0.2) is 23.6 Å². The zero-order chi connectivity index (χ0) is 21.4. The molecule has 0 aliphatic heterocycles. The Morgan fingerprint density at radius 3 is 2.21 bits per heavy atom. The predicted molar refractivity (Wildman–Crippen MR) is 112 cm³/mol. The summed E-state index contributed by atoms with van der Waals surface area (Å²) in [6.07, 6.45) is -0.970. The number of halogens is 2. The van der Waals surface area contributed by atoms with E-state index in [1.165, 1.54) is 0 Å². The van der Waals surface area contributed by atoms with Crippen LogP contribution in [0.15, 0.2) is 53.5 Å². The Hall–Kier alpha value is -2.77. The van der Waals surface area contributed by atoms with Crippen molar-refractivity contribution in [3.05, 3.63) is 64.7 Å². The first-order valence-electron chi connectivity index (χ1n) is 8.62. The topological polar surface area (TPSA) is 89.0 Å². The number of amides is 1. The molecule has 0 bridgehead atoms. The highest BCUT2D eigenvalue weighted by atomic mass is 35.5. The number of aliphatic imine (C=N–C) groups is 1. The molecule has 0 spiro atoms. The average molecular weight is 438 g/mol. The van der Waals surface area contributed by atoms with E-state index in [4.69, 9.17) is 32.8 Å². The first kappa shape index (κ1) is 22.5. The van der Waals surface area contributed by atoms with E-state index in [0.717, 1.165) is 5.56 Å². The molecule has 0 atom stereocenters. The van der Waals surface area contributed by atoms with Crippen molar-refractivity contribution in [1.29, 1.82) is 0 Å².